The molecule has 1 aliphatic heterocycles. The van der Waals surface area contributed by atoms with Gasteiger partial charge in [0.15, 0.2) is 0 Å². The second-order valence-corrected chi connectivity index (χ2v) is 5.36. The third-order valence-electron chi connectivity index (χ3n) is 4.04. The molecular formula is C17H18N4O2. The first-order chi connectivity index (χ1) is 11.2. The minimum Gasteiger partial charge on any atom is -0.495 e. The van der Waals surface area contributed by atoms with Crippen molar-refractivity contribution in [1.82, 2.24) is 9.88 Å². The number of ether oxygens (including phenoxy) is 1. The van der Waals surface area contributed by atoms with E-state index in [1.54, 1.807) is 24.3 Å². The summed E-state index contributed by atoms with van der Waals surface area (Å²) in [7, 11) is 1.66. The molecule has 0 aliphatic carbocycles. The first kappa shape index (κ1) is 15.0. The lowest BCUT2D eigenvalue weighted by atomic mass is 10.2. The molecule has 0 radical (unpaired) electrons. The van der Waals surface area contributed by atoms with E-state index in [-0.39, 0.29) is 5.91 Å². The lowest BCUT2D eigenvalue weighted by molar-refractivity contribution is 0.0741. The Kier molecular flexibility index (Phi) is 4.20. The molecule has 0 bridgehead atoms. The van der Waals surface area contributed by atoms with E-state index in [1.807, 2.05) is 30.3 Å². The Morgan fingerprint density at radius 2 is 2.00 bits per heavy atom. The summed E-state index contributed by atoms with van der Waals surface area (Å²) in [5.74, 6) is 0.779. The van der Waals surface area contributed by atoms with Gasteiger partial charge in [0.1, 0.15) is 17.5 Å². The highest BCUT2D eigenvalue weighted by Gasteiger charge is 2.24. The van der Waals surface area contributed by atoms with Gasteiger partial charge >= 0.3 is 0 Å². The standard InChI is InChI=1S/C17H18N4O2/c1-23-16-5-3-2-4-15(16)20-6-8-21(9-7-20)17(22)14-10-13(11-18)12-19-14/h2-5,10,12,19H,6-9H2,1H3. The summed E-state index contributed by atoms with van der Waals surface area (Å²) in [6, 6.07) is 11.5. The van der Waals surface area contributed by atoms with Gasteiger partial charge in [-0.2, -0.15) is 5.26 Å². The van der Waals surface area contributed by atoms with E-state index in [0.717, 1.165) is 24.5 Å². The lowest BCUT2D eigenvalue weighted by Crippen LogP contribution is -2.49. The van der Waals surface area contributed by atoms with Crippen molar-refractivity contribution in [1.29, 1.82) is 5.26 Å². The Morgan fingerprint density at radius 1 is 1.26 bits per heavy atom. The second-order valence-electron chi connectivity index (χ2n) is 5.36. The van der Waals surface area contributed by atoms with Crippen molar-refractivity contribution in [2.75, 3.05) is 38.2 Å². The third kappa shape index (κ3) is 2.99. The molecular weight excluding hydrogens is 292 g/mol. The van der Waals surface area contributed by atoms with Crippen LogP contribution in [0, 0.1) is 11.3 Å². The minimum atomic E-state index is -0.0637. The van der Waals surface area contributed by atoms with Crippen LogP contribution in [0.15, 0.2) is 36.5 Å². The number of nitrogens with zero attached hydrogens (tertiary/aromatic N) is 3. The van der Waals surface area contributed by atoms with E-state index < -0.39 is 0 Å². The van der Waals surface area contributed by atoms with Crippen LogP contribution in [-0.2, 0) is 0 Å². The summed E-state index contributed by atoms with van der Waals surface area (Å²) in [6.45, 7) is 2.77. The third-order valence-corrected chi connectivity index (χ3v) is 4.04. The fourth-order valence-electron chi connectivity index (χ4n) is 2.79. The van der Waals surface area contributed by atoms with E-state index >= 15 is 0 Å². The number of methoxy groups -OCH3 is 1. The zero-order valence-corrected chi connectivity index (χ0v) is 13.0. The number of piperazine rings is 1. The number of para-hydroxylation sites is 2. The second kappa shape index (κ2) is 6.44. The lowest BCUT2D eigenvalue weighted by Gasteiger charge is -2.36. The number of aromatic nitrogens is 1. The molecule has 1 N–H and O–H groups in total. The van der Waals surface area contributed by atoms with Crippen LogP contribution in [0.3, 0.4) is 0 Å². The SMILES string of the molecule is COc1ccccc1N1CCN(C(=O)c2cc(C#N)c[nH]2)CC1. The summed E-state index contributed by atoms with van der Waals surface area (Å²) in [5, 5.41) is 8.84. The Balaban J connectivity index is 1.66. The first-order valence-electron chi connectivity index (χ1n) is 7.48. The van der Waals surface area contributed by atoms with Gasteiger partial charge in [-0.05, 0) is 18.2 Å². The summed E-state index contributed by atoms with van der Waals surface area (Å²) >= 11 is 0. The Morgan fingerprint density at radius 3 is 2.65 bits per heavy atom. The number of rotatable bonds is 3. The van der Waals surface area contributed by atoms with Crippen LogP contribution >= 0.6 is 0 Å². The van der Waals surface area contributed by atoms with E-state index in [1.165, 1.54) is 0 Å². The van der Waals surface area contributed by atoms with Gasteiger partial charge in [0.25, 0.3) is 5.91 Å². The van der Waals surface area contributed by atoms with E-state index in [0.29, 0.717) is 24.3 Å². The zero-order chi connectivity index (χ0) is 16.2. The van der Waals surface area contributed by atoms with E-state index in [4.69, 9.17) is 10.00 Å². The van der Waals surface area contributed by atoms with Crippen molar-refractivity contribution in [2.24, 2.45) is 0 Å². The number of carbonyl (C=O) groups excluding carboxylic acids is 1. The number of aromatic amines is 1. The molecule has 0 atom stereocenters. The van der Waals surface area contributed by atoms with Crippen molar-refractivity contribution >= 4 is 11.6 Å². The molecule has 0 spiro atoms. The Bertz CT molecular complexity index is 739. The molecule has 23 heavy (non-hydrogen) atoms. The molecule has 2 heterocycles. The van der Waals surface area contributed by atoms with Crippen LogP contribution in [0.1, 0.15) is 16.1 Å². The number of carbonyl (C=O) groups is 1. The highest BCUT2D eigenvalue weighted by molar-refractivity contribution is 5.93. The van der Waals surface area contributed by atoms with Crippen LogP contribution in [0.25, 0.3) is 0 Å². The molecule has 2 aromatic rings. The number of benzene rings is 1. The number of nitriles is 1. The van der Waals surface area contributed by atoms with Crippen molar-refractivity contribution in [3.8, 4) is 11.8 Å². The van der Waals surface area contributed by atoms with Crippen molar-refractivity contribution in [2.45, 2.75) is 0 Å². The fourth-order valence-corrected chi connectivity index (χ4v) is 2.79. The molecule has 0 unspecified atom stereocenters. The van der Waals surface area contributed by atoms with E-state index in [9.17, 15) is 4.79 Å². The van der Waals surface area contributed by atoms with Crippen LogP contribution < -0.4 is 9.64 Å². The average molecular weight is 310 g/mol. The molecule has 1 fully saturated rings. The largest absolute Gasteiger partial charge is 0.495 e. The molecule has 0 saturated carbocycles. The fraction of sp³-hybridized carbons (Fsp3) is 0.294. The van der Waals surface area contributed by atoms with Gasteiger partial charge in [-0.1, -0.05) is 12.1 Å². The predicted octanol–water partition coefficient (Wildman–Crippen LogP) is 1.86. The number of hydrogen-bond donors (Lipinski definition) is 1. The monoisotopic (exact) mass is 310 g/mol. The van der Waals surface area contributed by atoms with Crippen molar-refractivity contribution in [3.63, 3.8) is 0 Å². The average Bonchev–Trinajstić information content (AvgIpc) is 3.10. The maximum Gasteiger partial charge on any atom is 0.270 e. The molecule has 6 heteroatoms. The van der Waals surface area contributed by atoms with Gasteiger partial charge in [-0.3, -0.25) is 4.79 Å². The van der Waals surface area contributed by atoms with Gasteiger partial charge < -0.3 is 19.5 Å². The number of nitrogens with one attached hydrogen (secondary N) is 1. The summed E-state index contributed by atoms with van der Waals surface area (Å²) < 4.78 is 5.40. The smallest absolute Gasteiger partial charge is 0.270 e. The van der Waals surface area contributed by atoms with E-state index in [2.05, 4.69) is 9.88 Å². The van der Waals surface area contributed by atoms with Crippen LogP contribution in [-0.4, -0.2) is 49.1 Å². The predicted molar refractivity (Wildman–Crippen MR) is 86.6 cm³/mol. The quantitative estimate of drug-likeness (QED) is 0.939. The van der Waals surface area contributed by atoms with Gasteiger partial charge in [0.05, 0.1) is 18.4 Å². The van der Waals surface area contributed by atoms with Crippen LogP contribution in [0.5, 0.6) is 5.75 Å². The minimum absolute atomic E-state index is 0.0637. The van der Waals surface area contributed by atoms with Crippen LogP contribution in [0.4, 0.5) is 5.69 Å². The number of hydrogen-bond acceptors (Lipinski definition) is 4. The molecule has 1 aliphatic rings. The highest BCUT2D eigenvalue weighted by atomic mass is 16.5. The Hall–Kier alpha value is -2.94. The molecule has 1 aromatic heterocycles. The topological polar surface area (TPSA) is 72.4 Å². The van der Waals surface area contributed by atoms with Crippen molar-refractivity contribution < 1.29 is 9.53 Å². The van der Waals surface area contributed by atoms with Crippen molar-refractivity contribution in [3.05, 3.63) is 47.8 Å². The summed E-state index contributed by atoms with van der Waals surface area (Å²) in [4.78, 5) is 19.3. The molecule has 3 rings (SSSR count). The van der Waals surface area contributed by atoms with Gasteiger partial charge in [-0.25, -0.2) is 0 Å². The summed E-state index contributed by atoms with van der Waals surface area (Å²) in [5.41, 5.74) is 1.99. The van der Waals surface area contributed by atoms with Crippen LogP contribution in [0.2, 0.25) is 0 Å². The van der Waals surface area contributed by atoms with Gasteiger partial charge in [0.2, 0.25) is 0 Å². The highest BCUT2D eigenvalue weighted by Crippen LogP contribution is 2.28. The molecule has 1 saturated heterocycles. The first-order valence-corrected chi connectivity index (χ1v) is 7.48. The molecule has 6 nitrogen and oxygen atoms in total. The van der Waals surface area contributed by atoms with Gasteiger partial charge in [0, 0.05) is 32.4 Å². The number of anilines is 1. The zero-order valence-electron chi connectivity index (χ0n) is 13.0. The maximum atomic E-state index is 12.4. The van der Waals surface area contributed by atoms with Gasteiger partial charge in [-0.15, -0.1) is 0 Å². The Labute approximate surface area is 134 Å². The maximum absolute atomic E-state index is 12.4. The molecule has 118 valence electrons. The molecule has 1 amide bonds. The normalized spacial score (nSPS) is 14.4. The summed E-state index contributed by atoms with van der Waals surface area (Å²) in [6.07, 6.45) is 1.55. The number of amides is 1. The molecule has 1 aromatic carbocycles. The number of H-pyrrole nitrogens is 1.